The average molecular weight is 282 g/mol. The molecule has 18 heavy (non-hydrogen) atoms. The summed E-state index contributed by atoms with van der Waals surface area (Å²) in [6, 6.07) is 1.65. The quantitative estimate of drug-likeness (QED) is 0.875. The topological polar surface area (TPSA) is 68.3 Å². The van der Waals surface area contributed by atoms with E-state index in [2.05, 4.69) is 10.3 Å². The van der Waals surface area contributed by atoms with Gasteiger partial charge in [0, 0.05) is 23.8 Å². The number of thiazole rings is 1. The van der Waals surface area contributed by atoms with E-state index in [4.69, 9.17) is 4.74 Å². The van der Waals surface area contributed by atoms with Gasteiger partial charge in [-0.3, -0.25) is 14.9 Å². The van der Waals surface area contributed by atoms with Gasteiger partial charge < -0.3 is 4.74 Å². The lowest BCUT2D eigenvalue weighted by Gasteiger charge is -1.97. The van der Waals surface area contributed by atoms with Crippen LogP contribution in [-0.2, 0) is 0 Å². The molecule has 0 radical (unpaired) electrons. The number of carbonyl (C=O) groups excluding carboxylic acids is 2. The minimum absolute atomic E-state index is 0.121. The van der Waals surface area contributed by atoms with E-state index >= 15 is 0 Å². The molecule has 0 aliphatic carbocycles. The molecule has 2 heterocycles. The summed E-state index contributed by atoms with van der Waals surface area (Å²) < 4.78 is 5.00. The molecule has 0 aliphatic heterocycles. The van der Waals surface area contributed by atoms with Crippen LogP contribution in [0.4, 0.5) is 5.13 Å². The largest absolute Gasteiger partial charge is 0.496 e. The molecule has 1 amide bonds. The van der Waals surface area contributed by atoms with E-state index in [0.29, 0.717) is 21.5 Å². The van der Waals surface area contributed by atoms with Crippen LogP contribution in [0, 0.1) is 0 Å². The number of anilines is 1. The van der Waals surface area contributed by atoms with Crippen LogP contribution in [0.15, 0.2) is 16.8 Å². The van der Waals surface area contributed by atoms with Gasteiger partial charge in [0.15, 0.2) is 10.9 Å². The predicted molar refractivity (Wildman–Crippen MR) is 70.9 cm³/mol. The summed E-state index contributed by atoms with van der Waals surface area (Å²) in [6.07, 6.45) is 0. The number of Topliss-reactive ketones (excluding diaryl/α,β-unsaturated/α-hetero) is 1. The molecule has 0 atom stereocenters. The zero-order valence-electron chi connectivity index (χ0n) is 9.72. The zero-order chi connectivity index (χ0) is 13.1. The Morgan fingerprint density at radius 2 is 2.11 bits per heavy atom. The van der Waals surface area contributed by atoms with Crippen molar-refractivity contribution in [2.24, 2.45) is 0 Å². The summed E-state index contributed by atoms with van der Waals surface area (Å²) in [5, 5.41) is 6.42. The van der Waals surface area contributed by atoms with Crippen molar-refractivity contribution in [3.8, 4) is 5.75 Å². The van der Waals surface area contributed by atoms with Gasteiger partial charge in [-0.15, -0.1) is 22.7 Å². The first kappa shape index (κ1) is 12.7. The van der Waals surface area contributed by atoms with Gasteiger partial charge in [0.2, 0.25) is 0 Å². The van der Waals surface area contributed by atoms with Gasteiger partial charge in [0.1, 0.15) is 11.4 Å². The van der Waals surface area contributed by atoms with E-state index in [-0.39, 0.29) is 11.7 Å². The molecule has 0 spiro atoms. The van der Waals surface area contributed by atoms with Gasteiger partial charge in [-0.1, -0.05) is 0 Å². The van der Waals surface area contributed by atoms with Crippen LogP contribution in [0.3, 0.4) is 0 Å². The molecule has 0 saturated heterocycles. The number of aromatic nitrogens is 1. The van der Waals surface area contributed by atoms with Crippen molar-refractivity contribution < 1.29 is 14.3 Å². The smallest absolute Gasteiger partial charge is 0.267 e. The molecule has 2 aromatic heterocycles. The summed E-state index contributed by atoms with van der Waals surface area (Å²) >= 11 is 2.51. The first-order valence-electron chi connectivity index (χ1n) is 5.00. The molecule has 0 fully saturated rings. The fourth-order valence-electron chi connectivity index (χ4n) is 1.20. The maximum Gasteiger partial charge on any atom is 0.267 e. The molecule has 0 bridgehead atoms. The number of amides is 1. The molecule has 0 unspecified atom stereocenters. The number of nitrogens with zero attached hydrogens (tertiary/aromatic N) is 1. The van der Waals surface area contributed by atoms with E-state index in [0.717, 1.165) is 0 Å². The van der Waals surface area contributed by atoms with Crippen molar-refractivity contribution in [2.45, 2.75) is 6.92 Å². The number of ether oxygens (including phenoxy) is 1. The van der Waals surface area contributed by atoms with Crippen LogP contribution in [0.2, 0.25) is 0 Å². The van der Waals surface area contributed by atoms with Crippen LogP contribution in [-0.4, -0.2) is 23.8 Å². The Labute approximate surface area is 111 Å². The number of hydrogen-bond acceptors (Lipinski definition) is 6. The number of ketones is 1. The van der Waals surface area contributed by atoms with Crippen molar-refractivity contribution in [3.63, 3.8) is 0 Å². The Kier molecular flexibility index (Phi) is 3.73. The summed E-state index contributed by atoms with van der Waals surface area (Å²) in [5.74, 6) is 0.269. The maximum atomic E-state index is 11.8. The maximum absolute atomic E-state index is 11.8. The second kappa shape index (κ2) is 5.28. The van der Waals surface area contributed by atoms with Crippen LogP contribution < -0.4 is 10.1 Å². The average Bonchev–Trinajstić information content (AvgIpc) is 2.96. The number of methoxy groups -OCH3 is 1. The highest BCUT2D eigenvalue weighted by Gasteiger charge is 2.12. The summed E-state index contributed by atoms with van der Waals surface area (Å²) in [7, 11) is 1.55. The molecule has 5 nitrogen and oxygen atoms in total. The van der Waals surface area contributed by atoms with Gasteiger partial charge in [0.25, 0.3) is 5.91 Å². The highest BCUT2D eigenvalue weighted by molar-refractivity contribution is 7.14. The molecule has 2 rings (SSSR count). The molecule has 94 valence electrons. The van der Waals surface area contributed by atoms with Gasteiger partial charge in [-0.2, -0.15) is 0 Å². The number of thiophene rings is 1. The Morgan fingerprint density at radius 3 is 2.67 bits per heavy atom. The third-order valence-electron chi connectivity index (χ3n) is 2.12. The molecular weight excluding hydrogens is 272 g/mol. The molecule has 7 heteroatoms. The molecule has 0 saturated carbocycles. The van der Waals surface area contributed by atoms with Crippen molar-refractivity contribution >= 4 is 39.5 Å². The molecular formula is C11H10N2O3S2. The first-order valence-corrected chi connectivity index (χ1v) is 6.76. The molecule has 0 aromatic carbocycles. The second-order valence-corrected chi connectivity index (χ2v) is 5.17. The van der Waals surface area contributed by atoms with Gasteiger partial charge in [-0.05, 0) is 0 Å². The van der Waals surface area contributed by atoms with Gasteiger partial charge in [0.05, 0.1) is 12.0 Å². The summed E-state index contributed by atoms with van der Waals surface area (Å²) in [6.45, 7) is 1.44. The third-order valence-corrected chi connectivity index (χ3v) is 3.79. The highest BCUT2D eigenvalue weighted by atomic mass is 32.1. The lowest BCUT2D eigenvalue weighted by Crippen LogP contribution is -2.10. The van der Waals surface area contributed by atoms with E-state index in [1.54, 1.807) is 23.9 Å². The molecule has 2 aromatic rings. The Balaban J connectivity index is 2.08. The number of hydrogen-bond donors (Lipinski definition) is 1. The lowest BCUT2D eigenvalue weighted by atomic mass is 10.4. The predicted octanol–water partition coefficient (Wildman–Crippen LogP) is 2.67. The summed E-state index contributed by atoms with van der Waals surface area (Å²) in [5.41, 5.74) is 0.360. The monoisotopic (exact) mass is 282 g/mol. The fourth-order valence-corrected chi connectivity index (χ4v) is 2.69. The second-order valence-electron chi connectivity index (χ2n) is 3.40. The van der Waals surface area contributed by atoms with Gasteiger partial charge >= 0.3 is 0 Å². The van der Waals surface area contributed by atoms with Crippen molar-refractivity contribution in [3.05, 3.63) is 27.4 Å². The standard InChI is InChI=1S/C11H10N2O3S2/c1-6(14)8-5-18-11(12-8)13-10(15)9-3-7(16-2)4-17-9/h3-5H,1-2H3,(H,12,13,15). The lowest BCUT2D eigenvalue weighted by molar-refractivity contribution is 0.100. The minimum Gasteiger partial charge on any atom is -0.496 e. The zero-order valence-corrected chi connectivity index (χ0v) is 11.4. The third kappa shape index (κ3) is 2.74. The highest BCUT2D eigenvalue weighted by Crippen LogP contribution is 2.23. The van der Waals surface area contributed by atoms with E-state index < -0.39 is 0 Å². The Bertz CT molecular complexity index is 589. The SMILES string of the molecule is COc1csc(C(=O)Nc2nc(C(C)=O)cs2)c1. The van der Waals surface area contributed by atoms with E-state index in [9.17, 15) is 9.59 Å². The van der Waals surface area contributed by atoms with Crippen LogP contribution in [0.25, 0.3) is 0 Å². The number of rotatable bonds is 4. The first-order chi connectivity index (χ1) is 8.60. The molecule has 0 aliphatic rings. The van der Waals surface area contributed by atoms with E-state index in [1.165, 1.54) is 29.6 Å². The van der Waals surface area contributed by atoms with Crippen LogP contribution in [0.1, 0.15) is 27.1 Å². The van der Waals surface area contributed by atoms with Crippen LogP contribution >= 0.6 is 22.7 Å². The minimum atomic E-state index is -0.257. The van der Waals surface area contributed by atoms with Crippen molar-refractivity contribution in [1.82, 2.24) is 4.98 Å². The fraction of sp³-hybridized carbons (Fsp3) is 0.182. The van der Waals surface area contributed by atoms with Crippen molar-refractivity contribution in [1.29, 1.82) is 0 Å². The summed E-state index contributed by atoms with van der Waals surface area (Å²) in [4.78, 5) is 27.5. The number of carbonyl (C=O) groups is 2. The Hall–Kier alpha value is -1.73. The Morgan fingerprint density at radius 1 is 1.33 bits per heavy atom. The normalized spacial score (nSPS) is 10.1. The van der Waals surface area contributed by atoms with Gasteiger partial charge in [-0.25, -0.2) is 4.98 Å². The van der Waals surface area contributed by atoms with E-state index in [1.807, 2.05) is 0 Å². The number of nitrogens with one attached hydrogen (secondary N) is 1. The van der Waals surface area contributed by atoms with Crippen LogP contribution in [0.5, 0.6) is 5.75 Å². The van der Waals surface area contributed by atoms with Crippen molar-refractivity contribution in [2.75, 3.05) is 12.4 Å². The molecule has 1 N–H and O–H groups in total.